The molecule has 1 aliphatic rings. The van der Waals surface area contributed by atoms with Crippen LogP contribution in [0.3, 0.4) is 0 Å². The Hall–Kier alpha value is -1.07. The van der Waals surface area contributed by atoms with E-state index in [4.69, 9.17) is 14.7 Å². The molecule has 0 aromatic heterocycles. The fourth-order valence-electron chi connectivity index (χ4n) is 1.28. The number of nitriles is 1. The molecular weight excluding hydrogens is 178 g/mol. The Morgan fingerprint density at radius 2 is 2.43 bits per heavy atom. The van der Waals surface area contributed by atoms with Gasteiger partial charge in [0.2, 0.25) is 0 Å². The molecule has 1 aliphatic heterocycles. The Morgan fingerprint density at radius 3 is 3.14 bits per heavy atom. The van der Waals surface area contributed by atoms with Gasteiger partial charge in [-0.1, -0.05) is 0 Å². The molecule has 1 atom stereocenters. The molecule has 0 saturated carbocycles. The van der Waals surface area contributed by atoms with Crippen molar-refractivity contribution >= 4 is 0 Å². The maximum Gasteiger partial charge on any atom is 0.157 e. The second-order valence-electron chi connectivity index (χ2n) is 3.10. The lowest BCUT2D eigenvalue weighted by Gasteiger charge is -2.22. The van der Waals surface area contributed by atoms with Crippen molar-refractivity contribution in [3.05, 3.63) is 17.9 Å². The first-order chi connectivity index (χ1) is 6.93. The molecule has 0 aromatic rings. The first-order valence-corrected chi connectivity index (χ1v) is 4.95. The van der Waals surface area contributed by atoms with Gasteiger partial charge in [0.1, 0.15) is 0 Å². The predicted molar refractivity (Wildman–Crippen MR) is 52.4 cm³/mol. The highest BCUT2D eigenvalue weighted by molar-refractivity contribution is 5.01. The normalized spacial score (nSPS) is 20.6. The van der Waals surface area contributed by atoms with Crippen LogP contribution in [0, 0.1) is 11.3 Å². The minimum absolute atomic E-state index is 0.0166. The van der Waals surface area contributed by atoms with Gasteiger partial charge in [-0.25, -0.2) is 0 Å². The molecule has 1 heterocycles. The van der Waals surface area contributed by atoms with Gasteiger partial charge in [0.05, 0.1) is 18.8 Å². The summed E-state index contributed by atoms with van der Waals surface area (Å²) in [6.45, 7) is 1.45. The van der Waals surface area contributed by atoms with Crippen LogP contribution < -0.4 is 0 Å². The van der Waals surface area contributed by atoms with E-state index in [1.165, 1.54) is 12.5 Å². The van der Waals surface area contributed by atoms with Crippen molar-refractivity contribution in [2.45, 2.75) is 32.0 Å². The van der Waals surface area contributed by atoms with E-state index in [0.29, 0.717) is 6.61 Å². The van der Waals surface area contributed by atoms with E-state index < -0.39 is 0 Å². The van der Waals surface area contributed by atoms with Gasteiger partial charge in [-0.15, -0.1) is 5.73 Å². The van der Waals surface area contributed by atoms with Crippen molar-refractivity contribution in [1.29, 1.82) is 5.26 Å². The van der Waals surface area contributed by atoms with Gasteiger partial charge in [-0.05, 0) is 31.8 Å². The van der Waals surface area contributed by atoms with E-state index in [2.05, 4.69) is 5.73 Å². The second kappa shape index (κ2) is 7.34. The molecule has 3 heteroatoms. The quantitative estimate of drug-likeness (QED) is 0.390. The van der Waals surface area contributed by atoms with Crippen LogP contribution in [0.5, 0.6) is 0 Å². The van der Waals surface area contributed by atoms with Crippen molar-refractivity contribution in [1.82, 2.24) is 0 Å². The fraction of sp³-hybridized carbons (Fsp3) is 0.636. The Kier molecular flexibility index (Phi) is 5.77. The van der Waals surface area contributed by atoms with Gasteiger partial charge in [-0.3, -0.25) is 0 Å². The average Bonchev–Trinajstić information content (AvgIpc) is 2.25. The highest BCUT2D eigenvalue weighted by Gasteiger charge is 2.12. The number of rotatable bonds is 4. The molecule has 0 amide bonds. The van der Waals surface area contributed by atoms with Gasteiger partial charge in [0, 0.05) is 6.61 Å². The van der Waals surface area contributed by atoms with E-state index in [1.807, 2.05) is 6.07 Å². The van der Waals surface area contributed by atoms with Crippen molar-refractivity contribution < 1.29 is 9.47 Å². The summed E-state index contributed by atoms with van der Waals surface area (Å²) in [6, 6.07) is 1.88. The van der Waals surface area contributed by atoms with Crippen LogP contribution in [-0.4, -0.2) is 19.5 Å². The van der Waals surface area contributed by atoms with Crippen LogP contribution in [0.4, 0.5) is 0 Å². The number of hydrogen-bond donors (Lipinski definition) is 0. The van der Waals surface area contributed by atoms with Crippen molar-refractivity contribution in [3.8, 4) is 6.07 Å². The summed E-state index contributed by atoms with van der Waals surface area (Å²) >= 11 is 0. The SMILES string of the molecule is N#CC=C=CCCOC1CCCCO1. The molecule has 14 heavy (non-hydrogen) atoms. The van der Waals surface area contributed by atoms with E-state index in [9.17, 15) is 0 Å². The molecular formula is C11H15NO2. The van der Waals surface area contributed by atoms with Crippen LogP contribution in [-0.2, 0) is 9.47 Å². The molecule has 0 bridgehead atoms. The van der Waals surface area contributed by atoms with Gasteiger partial charge < -0.3 is 9.47 Å². The topological polar surface area (TPSA) is 42.2 Å². The summed E-state index contributed by atoms with van der Waals surface area (Å²) < 4.78 is 10.9. The van der Waals surface area contributed by atoms with Crippen LogP contribution in [0.1, 0.15) is 25.7 Å². The molecule has 76 valence electrons. The monoisotopic (exact) mass is 193 g/mol. The third kappa shape index (κ3) is 4.84. The molecule has 0 aliphatic carbocycles. The summed E-state index contributed by atoms with van der Waals surface area (Å²) in [5.74, 6) is 0. The number of nitrogens with zero attached hydrogens (tertiary/aromatic N) is 1. The maximum absolute atomic E-state index is 8.19. The minimum atomic E-state index is -0.0166. The number of ether oxygens (including phenoxy) is 2. The standard InChI is InChI=1S/C11H15NO2/c12-8-4-1-2-5-9-13-11-7-3-6-10-14-11/h2,4,11H,3,5-7,9-10H2. The molecule has 0 aromatic carbocycles. The molecule has 1 fully saturated rings. The summed E-state index contributed by atoms with van der Waals surface area (Å²) in [6.07, 6.45) is 7.22. The van der Waals surface area contributed by atoms with E-state index >= 15 is 0 Å². The summed E-state index contributed by atoms with van der Waals surface area (Å²) in [7, 11) is 0. The van der Waals surface area contributed by atoms with Crippen LogP contribution >= 0.6 is 0 Å². The minimum Gasteiger partial charge on any atom is -0.353 e. The highest BCUT2D eigenvalue weighted by atomic mass is 16.7. The molecule has 1 unspecified atom stereocenters. The van der Waals surface area contributed by atoms with Gasteiger partial charge in [-0.2, -0.15) is 5.26 Å². The Morgan fingerprint density at radius 1 is 1.50 bits per heavy atom. The molecule has 1 saturated heterocycles. The molecule has 0 spiro atoms. The lowest BCUT2D eigenvalue weighted by atomic mass is 10.2. The summed E-state index contributed by atoms with van der Waals surface area (Å²) in [5, 5.41) is 8.19. The molecule has 3 nitrogen and oxygen atoms in total. The zero-order valence-electron chi connectivity index (χ0n) is 8.24. The maximum atomic E-state index is 8.19. The van der Waals surface area contributed by atoms with Gasteiger partial charge >= 0.3 is 0 Å². The van der Waals surface area contributed by atoms with Crippen molar-refractivity contribution in [3.63, 3.8) is 0 Å². The Balaban J connectivity index is 2.03. The lowest BCUT2D eigenvalue weighted by Crippen LogP contribution is -2.22. The predicted octanol–water partition coefficient (Wildman–Crippen LogP) is 2.15. The smallest absolute Gasteiger partial charge is 0.157 e. The largest absolute Gasteiger partial charge is 0.353 e. The first kappa shape index (κ1) is 11.0. The first-order valence-electron chi connectivity index (χ1n) is 4.95. The van der Waals surface area contributed by atoms with Gasteiger partial charge in [0.15, 0.2) is 6.29 Å². The van der Waals surface area contributed by atoms with Crippen LogP contribution in [0.25, 0.3) is 0 Å². The molecule has 0 N–H and O–H groups in total. The van der Waals surface area contributed by atoms with E-state index in [-0.39, 0.29) is 6.29 Å². The lowest BCUT2D eigenvalue weighted by molar-refractivity contribution is -0.161. The van der Waals surface area contributed by atoms with Gasteiger partial charge in [0.25, 0.3) is 0 Å². The average molecular weight is 193 g/mol. The summed E-state index contributed by atoms with van der Waals surface area (Å²) in [5.41, 5.74) is 2.74. The third-order valence-electron chi connectivity index (χ3n) is 1.97. The van der Waals surface area contributed by atoms with Crippen LogP contribution in [0.2, 0.25) is 0 Å². The van der Waals surface area contributed by atoms with E-state index in [0.717, 1.165) is 25.9 Å². The zero-order valence-corrected chi connectivity index (χ0v) is 8.24. The van der Waals surface area contributed by atoms with Crippen LogP contribution in [0.15, 0.2) is 17.9 Å². The van der Waals surface area contributed by atoms with Crippen molar-refractivity contribution in [2.24, 2.45) is 0 Å². The summed E-state index contributed by atoms with van der Waals surface area (Å²) in [4.78, 5) is 0. The highest BCUT2D eigenvalue weighted by Crippen LogP contribution is 2.13. The molecule has 0 radical (unpaired) electrons. The van der Waals surface area contributed by atoms with E-state index in [1.54, 1.807) is 6.08 Å². The fourth-order valence-corrected chi connectivity index (χ4v) is 1.28. The zero-order chi connectivity index (χ0) is 10.1. The van der Waals surface area contributed by atoms with Crippen molar-refractivity contribution in [2.75, 3.05) is 13.2 Å². The Labute approximate surface area is 84.6 Å². The molecule has 1 rings (SSSR count). The second-order valence-corrected chi connectivity index (χ2v) is 3.10. The number of hydrogen-bond acceptors (Lipinski definition) is 3. The Bertz CT molecular complexity index is 243. The third-order valence-corrected chi connectivity index (χ3v) is 1.97.